The number of carbonyl (C=O) groups excluding carboxylic acids is 1. The van der Waals surface area contributed by atoms with E-state index in [-0.39, 0.29) is 40.6 Å². The Kier molecular flexibility index (Phi) is 7.40. The highest BCUT2D eigenvalue weighted by Crippen LogP contribution is 2.30. The predicted molar refractivity (Wildman–Crippen MR) is 147 cm³/mol. The molecule has 2 aliphatic rings. The molecule has 38 heavy (non-hydrogen) atoms. The van der Waals surface area contributed by atoms with Gasteiger partial charge >= 0.3 is 0 Å². The molecule has 0 aliphatic carbocycles. The Labute approximate surface area is 223 Å². The van der Waals surface area contributed by atoms with Gasteiger partial charge in [-0.25, -0.2) is 9.19 Å². The van der Waals surface area contributed by atoms with Gasteiger partial charge in [-0.15, -0.1) is 8.80 Å². The summed E-state index contributed by atoms with van der Waals surface area (Å²) in [5, 5.41) is 17.2. The zero-order chi connectivity index (χ0) is 26.6. The Morgan fingerprint density at radius 2 is 1.92 bits per heavy atom. The Morgan fingerprint density at radius 3 is 2.61 bits per heavy atom. The van der Waals surface area contributed by atoms with Crippen molar-refractivity contribution in [2.24, 2.45) is 8.80 Å². The molecule has 4 heterocycles. The van der Waals surface area contributed by atoms with Gasteiger partial charge in [-0.1, -0.05) is 19.1 Å². The van der Waals surface area contributed by atoms with E-state index in [4.69, 9.17) is 4.42 Å². The summed E-state index contributed by atoms with van der Waals surface area (Å²) < 4.78 is 25.9. The highest BCUT2D eigenvalue weighted by molar-refractivity contribution is 7.83. The molecule has 2 aromatic heterocycles. The fourth-order valence-electron chi connectivity index (χ4n) is 4.41. The van der Waals surface area contributed by atoms with Crippen molar-refractivity contribution in [2.75, 3.05) is 36.4 Å². The third-order valence-corrected chi connectivity index (χ3v) is 7.11. The Hall–Kier alpha value is -4.19. The molecule has 12 heteroatoms. The van der Waals surface area contributed by atoms with Crippen LogP contribution in [0.4, 0.5) is 11.5 Å². The number of benzene rings is 1. The molecular weight excluding hydrogens is 506 g/mol. The van der Waals surface area contributed by atoms with Gasteiger partial charge in [-0.3, -0.25) is 4.79 Å². The molecular formula is C26H29N7O4S. The summed E-state index contributed by atoms with van der Waals surface area (Å²) in [4.78, 5) is 21.5. The first-order valence-corrected chi connectivity index (χ1v) is 13.4. The number of amides is 1. The smallest absolute Gasteiger partial charge is 0.269 e. The minimum absolute atomic E-state index is 0.171. The number of piperazine rings is 1. The average Bonchev–Trinajstić information content (AvgIpc) is 3.53. The summed E-state index contributed by atoms with van der Waals surface area (Å²) in [5.41, 5.74) is 1.43. The van der Waals surface area contributed by atoms with Gasteiger partial charge in [0.15, 0.2) is 17.4 Å². The summed E-state index contributed by atoms with van der Waals surface area (Å²) in [6.45, 7) is 6.22. The number of amidine groups is 2. The quantitative estimate of drug-likeness (QED) is 0.410. The predicted octanol–water partition coefficient (Wildman–Crippen LogP) is 3.19. The minimum Gasteiger partial charge on any atom is -0.505 e. The first-order chi connectivity index (χ1) is 18.4. The van der Waals surface area contributed by atoms with Crippen LogP contribution in [-0.4, -0.2) is 63.0 Å². The molecule has 0 saturated carbocycles. The normalized spacial score (nSPS) is 18.1. The topological polar surface area (TPSA) is 136 Å². The van der Waals surface area contributed by atoms with Crippen LogP contribution < -0.4 is 15.5 Å². The van der Waals surface area contributed by atoms with Gasteiger partial charge in [0.25, 0.3) is 17.1 Å². The van der Waals surface area contributed by atoms with E-state index in [1.807, 2.05) is 38.1 Å². The fourth-order valence-corrected chi connectivity index (χ4v) is 5.03. The molecule has 11 nitrogen and oxygen atoms in total. The lowest BCUT2D eigenvalue weighted by molar-refractivity contribution is 0.0743. The van der Waals surface area contributed by atoms with E-state index in [1.165, 1.54) is 0 Å². The first kappa shape index (κ1) is 25.5. The number of carbonyl (C=O) groups is 1. The van der Waals surface area contributed by atoms with Crippen LogP contribution in [0.25, 0.3) is 0 Å². The van der Waals surface area contributed by atoms with Crippen molar-refractivity contribution in [1.29, 1.82) is 0 Å². The zero-order valence-electron chi connectivity index (χ0n) is 21.1. The van der Waals surface area contributed by atoms with Crippen molar-refractivity contribution in [3.8, 4) is 5.75 Å². The third-order valence-electron chi connectivity index (χ3n) is 6.44. The van der Waals surface area contributed by atoms with Crippen LogP contribution in [0, 0.1) is 6.92 Å². The Morgan fingerprint density at radius 1 is 1.13 bits per heavy atom. The number of phenolic OH excluding ortho intramolecular Hbond substituents is 1. The number of phenols is 1. The monoisotopic (exact) mass is 535 g/mol. The highest BCUT2D eigenvalue weighted by atomic mass is 32.2. The Balaban J connectivity index is 1.28. The zero-order valence-corrected chi connectivity index (χ0v) is 21.9. The second-order valence-electron chi connectivity index (χ2n) is 9.04. The maximum atomic E-state index is 13.3. The Bertz CT molecular complexity index is 1400. The number of nitrogens with one attached hydrogen (secondary N) is 2. The van der Waals surface area contributed by atoms with Crippen molar-refractivity contribution < 1.29 is 18.5 Å². The van der Waals surface area contributed by atoms with Gasteiger partial charge in [0.05, 0.1) is 23.6 Å². The van der Waals surface area contributed by atoms with E-state index in [0.717, 1.165) is 17.1 Å². The summed E-state index contributed by atoms with van der Waals surface area (Å²) in [6.07, 6.45) is 4.11. The summed E-state index contributed by atoms with van der Waals surface area (Å²) in [6, 6.07) is 12.4. The lowest BCUT2D eigenvalue weighted by atomic mass is 10.1. The van der Waals surface area contributed by atoms with Crippen molar-refractivity contribution in [1.82, 2.24) is 15.2 Å². The molecule has 198 valence electrons. The third kappa shape index (κ3) is 5.40. The SMILES string of the molecule is CC[C@@H](NC1=NS(=O)N=C1Nc1cccc(C(=O)N2CCN(c3ccccn3)CC2)c1O)c1cc(C)co1. The van der Waals surface area contributed by atoms with E-state index < -0.39 is 11.2 Å². The van der Waals surface area contributed by atoms with Crippen LogP contribution in [0.5, 0.6) is 5.75 Å². The molecule has 2 aliphatic heterocycles. The molecule has 1 amide bonds. The molecule has 1 aromatic carbocycles. The van der Waals surface area contributed by atoms with E-state index in [2.05, 4.69) is 29.3 Å². The van der Waals surface area contributed by atoms with Crippen LogP contribution in [0.1, 0.15) is 41.1 Å². The van der Waals surface area contributed by atoms with Crippen molar-refractivity contribution in [2.45, 2.75) is 26.3 Å². The maximum Gasteiger partial charge on any atom is 0.269 e. The summed E-state index contributed by atoms with van der Waals surface area (Å²) >= 11 is -1.82. The van der Waals surface area contributed by atoms with E-state index in [0.29, 0.717) is 32.6 Å². The van der Waals surface area contributed by atoms with E-state index >= 15 is 0 Å². The lowest BCUT2D eigenvalue weighted by Crippen LogP contribution is -2.49. The molecule has 0 spiro atoms. The van der Waals surface area contributed by atoms with Gasteiger partial charge in [0.2, 0.25) is 0 Å². The minimum atomic E-state index is -1.82. The van der Waals surface area contributed by atoms with Crippen molar-refractivity contribution in [3.63, 3.8) is 0 Å². The lowest BCUT2D eigenvalue weighted by Gasteiger charge is -2.35. The molecule has 2 atom stereocenters. The van der Waals surface area contributed by atoms with Crippen LogP contribution in [0.2, 0.25) is 0 Å². The van der Waals surface area contributed by atoms with E-state index in [1.54, 1.807) is 35.6 Å². The highest BCUT2D eigenvalue weighted by Gasteiger charge is 2.28. The van der Waals surface area contributed by atoms with Gasteiger partial charge in [-0.2, -0.15) is 0 Å². The molecule has 5 rings (SSSR count). The number of aromatic nitrogens is 1. The molecule has 1 saturated heterocycles. The van der Waals surface area contributed by atoms with Crippen LogP contribution >= 0.6 is 0 Å². The van der Waals surface area contributed by atoms with Crippen LogP contribution in [-0.2, 0) is 11.2 Å². The summed E-state index contributed by atoms with van der Waals surface area (Å²) in [7, 11) is 0. The number of rotatable bonds is 6. The van der Waals surface area contributed by atoms with Gasteiger partial charge in [0.1, 0.15) is 11.6 Å². The number of para-hydroxylation sites is 1. The standard InChI is InChI=1S/C26H29N7O4S/c1-3-19(21-15-17(2)16-37-21)28-24-25(31-38(36)30-24)29-20-8-6-7-18(23(20)34)26(35)33-13-11-32(12-14-33)22-9-4-5-10-27-22/h4-10,15-16,19,34H,3,11-14H2,1-2H3,(H,28,30)(H,29,31)/t19-,38?/m1/s1. The molecule has 0 radical (unpaired) electrons. The first-order valence-electron chi connectivity index (χ1n) is 12.4. The van der Waals surface area contributed by atoms with Crippen molar-refractivity contribution >= 4 is 40.3 Å². The van der Waals surface area contributed by atoms with Crippen molar-refractivity contribution in [3.05, 3.63) is 71.8 Å². The van der Waals surface area contributed by atoms with Gasteiger partial charge < -0.3 is 30.0 Å². The average molecular weight is 536 g/mol. The fraction of sp³-hybridized carbons (Fsp3) is 0.308. The summed E-state index contributed by atoms with van der Waals surface area (Å²) in [5.74, 6) is 1.61. The second kappa shape index (κ2) is 11.1. The number of hydrogen-bond donors (Lipinski definition) is 3. The maximum absolute atomic E-state index is 13.3. The number of pyridine rings is 1. The number of aryl methyl sites for hydroxylation is 1. The molecule has 3 N–H and O–H groups in total. The number of nitrogens with zero attached hydrogens (tertiary/aromatic N) is 5. The number of furan rings is 1. The largest absolute Gasteiger partial charge is 0.505 e. The van der Waals surface area contributed by atoms with Crippen LogP contribution in [0.3, 0.4) is 0 Å². The van der Waals surface area contributed by atoms with Gasteiger partial charge in [0, 0.05) is 32.4 Å². The molecule has 1 fully saturated rings. The number of aromatic hydroxyl groups is 1. The van der Waals surface area contributed by atoms with Crippen LogP contribution in [0.15, 0.2) is 68.1 Å². The molecule has 0 bridgehead atoms. The molecule has 3 aromatic rings. The van der Waals surface area contributed by atoms with Gasteiger partial charge in [-0.05, 0) is 49.2 Å². The number of anilines is 2. The van der Waals surface area contributed by atoms with E-state index in [9.17, 15) is 14.1 Å². The molecule has 1 unspecified atom stereocenters. The number of hydrogen-bond acceptors (Lipinski definition) is 8. The second-order valence-corrected chi connectivity index (χ2v) is 9.86.